The van der Waals surface area contributed by atoms with Crippen molar-refractivity contribution >= 4 is 16.9 Å². The molecule has 2 aromatic carbocycles. The molecule has 108 valence electrons. The summed E-state index contributed by atoms with van der Waals surface area (Å²) in [6.45, 7) is 0. The summed E-state index contributed by atoms with van der Waals surface area (Å²) in [7, 11) is 0. The minimum Gasteiger partial charge on any atom is -0.437 e. The fraction of sp³-hybridized carbons (Fsp3) is 0.118. The van der Waals surface area contributed by atoms with Gasteiger partial charge in [0.1, 0.15) is 5.82 Å². The summed E-state index contributed by atoms with van der Waals surface area (Å²) in [4.78, 5) is 29.0. The molecule has 0 saturated carbocycles. The van der Waals surface area contributed by atoms with Crippen molar-refractivity contribution in [3.63, 3.8) is 0 Å². The zero-order valence-electron chi connectivity index (χ0n) is 11.6. The Morgan fingerprint density at radius 3 is 2.64 bits per heavy atom. The first-order chi connectivity index (χ1) is 10.7. The van der Waals surface area contributed by atoms with E-state index in [0.29, 0.717) is 28.7 Å². The molecule has 22 heavy (non-hydrogen) atoms. The fourth-order valence-corrected chi connectivity index (χ4v) is 2.63. The lowest BCUT2D eigenvalue weighted by molar-refractivity contribution is -0.0106. The van der Waals surface area contributed by atoms with Crippen LogP contribution in [0.5, 0.6) is 0 Å². The van der Waals surface area contributed by atoms with Gasteiger partial charge in [-0.1, -0.05) is 30.3 Å². The molecule has 0 unspecified atom stereocenters. The van der Waals surface area contributed by atoms with Crippen LogP contribution < -0.4 is 5.56 Å². The van der Waals surface area contributed by atoms with Crippen LogP contribution in [0.4, 0.5) is 0 Å². The second kappa shape index (κ2) is 4.80. The number of nitrogens with zero attached hydrogens (tertiary/aromatic N) is 2. The maximum absolute atomic E-state index is 12.5. The maximum Gasteiger partial charge on any atom is 0.340 e. The second-order valence-electron chi connectivity index (χ2n) is 5.15. The Hall–Kier alpha value is -2.95. The molecule has 1 atom stereocenters. The van der Waals surface area contributed by atoms with Gasteiger partial charge in [0.05, 0.1) is 22.9 Å². The SMILES string of the molecule is O=C(O[C@@H]1Cc2nc3ccccc3c(=O)n21)c1ccccc1. The fourth-order valence-electron chi connectivity index (χ4n) is 2.63. The minimum atomic E-state index is -0.577. The molecule has 0 fully saturated rings. The first-order valence-electron chi connectivity index (χ1n) is 7.00. The van der Waals surface area contributed by atoms with E-state index < -0.39 is 12.2 Å². The minimum absolute atomic E-state index is 0.169. The highest BCUT2D eigenvalue weighted by atomic mass is 16.6. The van der Waals surface area contributed by atoms with E-state index in [1.54, 1.807) is 42.5 Å². The molecule has 1 aromatic heterocycles. The lowest BCUT2D eigenvalue weighted by atomic mass is 10.1. The summed E-state index contributed by atoms with van der Waals surface area (Å²) < 4.78 is 6.86. The molecule has 0 radical (unpaired) electrons. The number of benzene rings is 2. The van der Waals surface area contributed by atoms with E-state index in [0.717, 1.165) is 0 Å². The number of carbonyl (C=O) groups excluding carboxylic acids is 1. The summed E-state index contributed by atoms with van der Waals surface area (Å²) in [6.07, 6.45) is -0.120. The number of aromatic nitrogens is 2. The highest BCUT2D eigenvalue weighted by molar-refractivity contribution is 5.89. The largest absolute Gasteiger partial charge is 0.437 e. The number of esters is 1. The first kappa shape index (κ1) is 12.8. The van der Waals surface area contributed by atoms with Crippen LogP contribution in [0.1, 0.15) is 22.4 Å². The standard InChI is InChI=1S/C17H12N2O3/c20-16-12-8-4-5-9-13(12)18-14-10-15(19(14)16)22-17(21)11-6-2-1-3-7-11/h1-9,15H,10H2/t15-/m1/s1. The van der Waals surface area contributed by atoms with Crippen molar-refractivity contribution in [3.05, 3.63) is 76.3 Å². The molecule has 0 saturated heterocycles. The van der Waals surface area contributed by atoms with Crippen molar-refractivity contribution in [2.24, 2.45) is 0 Å². The number of para-hydroxylation sites is 1. The summed E-state index contributed by atoms with van der Waals surface area (Å²) in [5, 5.41) is 0.534. The third kappa shape index (κ3) is 1.90. The molecule has 0 spiro atoms. The Morgan fingerprint density at radius 2 is 1.82 bits per heavy atom. The van der Waals surface area contributed by atoms with E-state index in [1.807, 2.05) is 12.1 Å². The van der Waals surface area contributed by atoms with E-state index in [4.69, 9.17) is 4.74 Å². The van der Waals surface area contributed by atoms with Gasteiger partial charge < -0.3 is 4.74 Å². The smallest absolute Gasteiger partial charge is 0.340 e. The van der Waals surface area contributed by atoms with Crippen molar-refractivity contribution in [3.8, 4) is 0 Å². The van der Waals surface area contributed by atoms with E-state index in [1.165, 1.54) is 4.57 Å². The molecule has 0 bridgehead atoms. The number of ether oxygens (including phenoxy) is 1. The number of hydrogen-bond donors (Lipinski definition) is 0. The Kier molecular flexibility index (Phi) is 2.79. The zero-order chi connectivity index (χ0) is 15.1. The normalized spacial score (nSPS) is 15.9. The third-order valence-electron chi connectivity index (χ3n) is 3.78. The maximum atomic E-state index is 12.5. The van der Waals surface area contributed by atoms with Crippen molar-refractivity contribution in [2.75, 3.05) is 0 Å². The van der Waals surface area contributed by atoms with Crippen molar-refractivity contribution in [2.45, 2.75) is 12.6 Å². The van der Waals surface area contributed by atoms with Gasteiger partial charge in [0.15, 0.2) is 6.23 Å². The van der Waals surface area contributed by atoms with Crippen LogP contribution in [0.15, 0.2) is 59.4 Å². The average molecular weight is 292 g/mol. The highest BCUT2D eigenvalue weighted by Gasteiger charge is 2.32. The summed E-state index contributed by atoms with van der Waals surface area (Å²) >= 11 is 0. The van der Waals surface area contributed by atoms with Gasteiger partial charge in [-0.15, -0.1) is 0 Å². The van der Waals surface area contributed by atoms with E-state index in [9.17, 15) is 9.59 Å². The van der Waals surface area contributed by atoms with Crippen LogP contribution in [-0.2, 0) is 11.2 Å². The molecule has 3 aromatic rings. The van der Waals surface area contributed by atoms with E-state index in [2.05, 4.69) is 4.98 Å². The summed E-state index contributed by atoms with van der Waals surface area (Å²) in [5.41, 5.74) is 0.974. The van der Waals surface area contributed by atoms with E-state index in [-0.39, 0.29) is 5.56 Å². The number of carbonyl (C=O) groups is 1. The van der Waals surface area contributed by atoms with Gasteiger partial charge >= 0.3 is 5.97 Å². The van der Waals surface area contributed by atoms with Crippen LogP contribution in [0, 0.1) is 0 Å². The predicted octanol–water partition coefficient (Wildman–Crippen LogP) is 2.31. The molecular formula is C17H12N2O3. The molecule has 1 aliphatic heterocycles. The molecule has 5 heteroatoms. The Bertz CT molecular complexity index is 932. The van der Waals surface area contributed by atoms with Gasteiger partial charge in [-0.05, 0) is 24.3 Å². The lowest BCUT2D eigenvalue weighted by Crippen LogP contribution is -2.41. The van der Waals surface area contributed by atoms with Gasteiger partial charge in [-0.3, -0.25) is 9.36 Å². The average Bonchev–Trinajstić information content (AvgIpc) is 2.54. The molecule has 1 aliphatic rings. The van der Waals surface area contributed by atoms with Crippen LogP contribution in [0.3, 0.4) is 0 Å². The Morgan fingerprint density at radius 1 is 1.09 bits per heavy atom. The number of rotatable bonds is 2. The molecule has 0 N–H and O–H groups in total. The van der Waals surface area contributed by atoms with Crippen LogP contribution in [0.2, 0.25) is 0 Å². The zero-order valence-corrected chi connectivity index (χ0v) is 11.6. The van der Waals surface area contributed by atoms with Crippen LogP contribution in [0.25, 0.3) is 10.9 Å². The molecule has 0 aliphatic carbocycles. The molecule has 0 amide bonds. The molecule has 2 heterocycles. The van der Waals surface area contributed by atoms with Crippen LogP contribution >= 0.6 is 0 Å². The van der Waals surface area contributed by atoms with Crippen LogP contribution in [-0.4, -0.2) is 15.5 Å². The number of hydrogen-bond acceptors (Lipinski definition) is 4. The highest BCUT2D eigenvalue weighted by Crippen LogP contribution is 2.26. The van der Waals surface area contributed by atoms with Crippen molar-refractivity contribution in [1.29, 1.82) is 0 Å². The molecule has 4 rings (SSSR count). The van der Waals surface area contributed by atoms with Gasteiger partial charge in [-0.2, -0.15) is 0 Å². The third-order valence-corrected chi connectivity index (χ3v) is 3.78. The topological polar surface area (TPSA) is 61.2 Å². The van der Waals surface area contributed by atoms with Gasteiger partial charge in [0.2, 0.25) is 0 Å². The molecule has 5 nitrogen and oxygen atoms in total. The quantitative estimate of drug-likeness (QED) is 0.680. The molecular weight excluding hydrogens is 280 g/mol. The second-order valence-corrected chi connectivity index (χ2v) is 5.15. The summed E-state index contributed by atoms with van der Waals surface area (Å²) in [5.74, 6) is 0.214. The van der Waals surface area contributed by atoms with Crippen molar-refractivity contribution < 1.29 is 9.53 Å². The summed E-state index contributed by atoms with van der Waals surface area (Å²) in [6, 6.07) is 15.9. The number of fused-ring (bicyclic) bond motifs is 2. The monoisotopic (exact) mass is 292 g/mol. The first-order valence-corrected chi connectivity index (χ1v) is 7.00. The van der Waals surface area contributed by atoms with E-state index >= 15 is 0 Å². The predicted molar refractivity (Wildman–Crippen MR) is 80.6 cm³/mol. The van der Waals surface area contributed by atoms with Gasteiger partial charge in [0, 0.05) is 0 Å². The lowest BCUT2D eigenvalue weighted by Gasteiger charge is -2.30. The Labute approximate surface area is 125 Å². The van der Waals surface area contributed by atoms with Crippen molar-refractivity contribution in [1.82, 2.24) is 9.55 Å². The van der Waals surface area contributed by atoms with Gasteiger partial charge in [-0.25, -0.2) is 9.78 Å². The van der Waals surface area contributed by atoms with Gasteiger partial charge in [0.25, 0.3) is 5.56 Å². The Balaban J connectivity index is 1.67.